The first kappa shape index (κ1) is 51.1. The van der Waals surface area contributed by atoms with Crippen LogP contribution in [0.3, 0.4) is 0 Å². The van der Waals surface area contributed by atoms with E-state index in [1.807, 2.05) is 0 Å². The molecule has 0 rings (SSSR count). The minimum Gasteiger partial charge on any atom is -0.368 e. The molecule has 2 unspecified atom stereocenters. The maximum Gasteiger partial charge on any atom is 0.242 e. The first-order valence-electron chi connectivity index (χ1n) is 16.7. The number of amides is 8. The largest absolute Gasteiger partial charge is 0.368 e. The quantitative estimate of drug-likeness (QED) is 0.0404. The van der Waals surface area contributed by atoms with Gasteiger partial charge in [0.1, 0.15) is 19.1 Å². The highest BCUT2D eigenvalue weighted by atomic mass is 16.2. The number of unbranched alkanes of at least 4 members (excludes halogenated alkanes) is 3. The summed E-state index contributed by atoms with van der Waals surface area (Å²) in [5.41, 5.74) is 10.6. The summed E-state index contributed by atoms with van der Waals surface area (Å²) in [4.78, 5) is 97.8. The number of primary amides is 2. The fraction of sp³-hybridized carbons (Fsp3) is 0.758. The number of nitrogens with zero attached hydrogens (tertiary/aromatic N) is 1. The van der Waals surface area contributed by atoms with E-state index in [0.29, 0.717) is 64.3 Å². The Morgan fingerprint density at radius 3 is 1.33 bits per heavy atom. The SMILES string of the molecule is C.C.CNC(CCCCNC(=O)CN(CC(=O)NCCCCC(NC)C(N)=O)C(=O)CCNC(=O)[C@H](CCCCNC(C)=O)NC(C)=O)C(N)=O. The number of carbonyl (C=O) groups excluding carboxylic acids is 8. The number of hydrogen-bond acceptors (Lipinski definition) is 10. The van der Waals surface area contributed by atoms with E-state index in [-0.39, 0.29) is 46.8 Å². The number of likely N-dealkylation sites (N-methyl/N-ethyl adjacent to an activating group) is 2. The summed E-state index contributed by atoms with van der Waals surface area (Å²) < 4.78 is 0. The second kappa shape index (κ2) is 30.5. The topological polar surface area (TPSA) is 276 Å². The molecule has 11 N–H and O–H groups in total. The molecule has 0 aliphatic rings. The molecule has 8 amide bonds. The Labute approximate surface area is 303 Å². The Bertz CT molecular complexity index is 1050. The summed E-state index contributed by atoms with van der Waals surface area (Å²) in [7, 11) is 3.26. The van der Waals surface area contributed by atoms with Crippen LogP contribution < -0.4 is 48.7 Å². The van der Waals surface area contributed by atoms with Gasteiger partial charge in [0.25, 0.3) is 0 Å². The van der Waals surface area contributed by atoms with Crippen LogP contribution in [-0.2, 0) is 38.4 Å². The molecule has 296 valence electrons. The van der Waals surface area contributed by atoms with Crippen LogP contribution in [0, 0.1) is 0 Å². The number of hydrogen-bond donors (Lipinski definition) is 9. The first-order chi connectivity index (χ1) is 23.2. The number of nitrogens with one attached hydrogen (secondary N) is 7. The number of nitrogens with two attached hydrogens (primary N) is 2. The van der Waals surface area contributed by atoms with E-state index >= 15 is 0 Å². The molecule has 0 heterocycles. The Kier molecular flexibility index (Phi) is 30.5. The second-order valence-corrected chi connectivity index (χ2v) is 11.7. The smallest absolute Gasteiger partial charge is 0.242 e. The Morgan fingerprint density at radius 1 is 0.549 bits per heavy atom. The van der Waals surface area contributed by atoms with Crippen molar-refractivity contribution in [2.75, 3.05) is 53.4 Å². The zero-order valence-corrected chi connectivity index (χ0v) is 29.4. The van der Waals surface area contributed by atoms with Crippen LogP contribution in [0.15, 0.2) is 0 Å². The molecule has 0 aliphatic carbocycles. The minimum atomic E-state index is -0.838. The van der Waals surface area contributed by atoms with Crippen molar-refractivity contribution in [2.45, 2.75) is 111 Å². The predicted molar refractivity (Wildman–Crippen MR) is 196 cm³/mol. The summed E-state index contributed by atoms with van der Waals surface area (Å²) >= 11 is 0. The summed E-state index contributed by atoms with van der Waals surface area (Å²) in [5, 5.41) is 19.0. The van der Waals surface area contributed by atoms with Crippen molar-refractivity contribution in [3.05, 3.63) is 0 Å². The lowest BCUT2D eigenvalue weighted by molar-refractivity contribution is -0.139. The minimum absolute atomic E-state index is 0. The normalized spacial score (nSPS) is 12.0. The average Bonchev–Trinajstić information content (AvgIpc) is 3.02. The molecule has 0 aliphatic heterocycles. The van der Waals surface area contributed by atoms with Crippen molar-refractivity contribution < 1.29 is 38.4 Å². The maximum absolute atomic E-state index is 13.1. The van der Waals surface area contributed by atoms with E-state index in [9.17, 15) is 38.4 Å². The van der Waals surface area contributed by atoms with Crippen molar-refractivity contribution >= 4 is 47.3 Å². The van der Waals surface area contributed by atoms with E-state index in [0.717, 1.165) is 4.90 Å². The molecule has 0 aromatic rings. The molecule has 18 heteroatoms. The molecule has 0 aromatic carbocycles. The van der Waals surface area contributed by atoms with E-state index in [4.69, 9.17) is 11.5 Å². The lowest BCUT2D eigenvalue weighted by Crippen LogP contribution is -2.48. The highest BCUT2D eigenvalue weighted by Gasteiger charge is 2.23. The fourth-order valence-corrected chi connectivity index (χ4v) is 4.78. The maximum atomic E-state index is 13.1. The van der Waals surface area contributed by atoms with Crippen molar-refractivity contribution in [3.63, 3.8) is 0 Å². The zero-order valence-electron chi connectivity index (χ0n) is 29.4. The van der Waals surface area contributed by atoms with Gasteiger partial charge in [-0.1, -0.05) is 14.9 Å². The molecule has 0 saturated heterocycles. The standard InChI is InChI=1S/C31H58N10O8.2CH4/c1-21(42)36-15-8-7-13-25(40-22(2)43)31(49)39-18-14-28(46)41(19-26(44)37-16-9-5-11-23(34-3)29(32)47)20-27(45)38-17-10-6-12-24(35-4)30(33)48;;/h23-25,34-35H,5-20H2,1-4H3,(H2,32,47)(H2,33,48)(H,36,42)(H,37,44)(H,38,45)(H,39,49)(H,40,43);2*1H4/t23?,24?,25-;;/m0../s1. The second-order valence-electron chi connectivity index (χ2n) is 11.7. The molecule has 0 aromatic heterocycles. The zero-order chi connectivity index (χ0) is 37.2. The van der Waals surface area contributed by atoms with Gasteiger partial charge in [-0.25, -0.2) is 0 Å². The van der Waals surface area contributed by atoms with Gasteiger partial charge < -0.3 is 53.6 Å². The van der Waals surface area contributed by atoms with E-state index in [2.05, 4.69) is 37.2 Å². The molecular weight excluding hydrogens is 664 g/mol. The van der Waals surface area contributed by atoms with Gasteiger partial charge in [0.15, 0.2) is 0 Å². The van der Waals surface area contributed by atoms with Gasteiger partial charge in [0.05, 0.1) is 12.1 Å². The first-order valence-corrected chi connectivity index (χ1v) is 16.7. The molecule has 18 nitrogen and oxygen atoms in total. The predicted octanol–water partition coefficient (Wildman–Crippen LogP) is -1.88. The van der Waals surface area contributed by atoms with E-state index in [1.165, 1.54) is 13.8 Å². The average molecular weight is 731 g/mol. The van der Waals surface area contributed by atoms with Crippen LogP contribution in [0.2, 0.25) is 0 Å². The molecule has 0 radical (unpaired) electrons. The van der Waals surface area contributed by atoms with Crippen molar-refractivity contribution in [1.29, 1.82) is 0 Å². The van der Waals surface area contributed by atoms with Gasteiger partial charge in [-0.15, -0.1) is 0 Å². The highest BCUT2D eigenvalue weighted by molar-refractivity contribution is 5.90. The molecular formula is C33H66N10O8. The monoisotopic (exact) mass is 731 g/mol. The van der Waals surface area contributed by atoms with Crippen LogP contribution in [0.25, 0.3) is 0 Å². The number of rotatable bonds is 28. The summed E-state index contributed by atoms with van der Waals surface area (Å²) in [6, 6.07) is -1.78. The van der Waals surface area contributed by atoms with Crippen LogP contribution in [0.4, 0.5) is 0 Å². The Hall–Kier alpha value is -4.32. The number of carbonyl (C=O) groups is 8. The summed E-state index contributed by atoms with van der Waals surface area (Å²) in [6.45, 7) is 2.81. The molecule has 51 heavy (non-hydrogen) atoms. The van der Waals surface area contributed by atoms with Crippen molar-refractivity contribution in [2.24, 2.45) is 11.5 Å². The Morgan fingerprint density at radius 2 is 0.961 bits per heavy atom. The van der Waals surface area contributed by atoms with Crippen LogP contribution in [0.1, 0.15) is 92.9 Å². The van der Waals surface area contributed by atoms with Crippen molar-refractivity contribution in [1.82, 2.24) is 42.1 Å². The Balaban J connectivity index is -0.0000115. The summed E-state index contributed by atoms with van der Waals surface area (Å²) in [5.74, 6) is -3.50. The molecule has 3 atom stereocenters. The molecule has 0 bridgehead atoms. The molecule has 0 fully saturated rings. The van der Waals surface area contributed by atoms with Crippen LogP contribution in [-0.4, -0.2) is 124 Å². The van der Waals surface area contributed by atoms with Crippen LogP contribution in [0.5, 0.6) is 0 Å². The summed E-state index contributed by atoms with van der Waals surface area (Å²) in [6.07, 6.45) is 4.61. The fourth-order valence-electron chi connectivity index (χ4n) is 4.78. The van der Waals surface area contributed by atoms with E-state index in [1.54, 1.807) is 14.1 Å². The third kappa shape index (κ3) is 26.2. The van der Waals surface area contributed by atoms with E-state index < -0.39 is 72.6 Å². The van der Waals surface area contributed by atoms with Gasteiger partial charge in [0.2, 0.25) is 47.3 Å². The van der Waals surface area contributed by atoms with Crippen LogP contribution >= 0.6 is 0 Å². The van der Waals surface area contributed by atoms with Gasteiger partial charge in [-0.3, -0.25) is 38.4 Å². The third-order valence-electron chi connectivity index (χ3n) is 7.51. The molecule has 0 spiro atoms. The lowest BCUT2D eigenvalue weighted by Gasteiger charge is -2.23. The van der Waals surface area contributed by atoms with Crippen molar-refractivity contribution in [3.8, 4) is 0 Å². The van der Waals surface area contributed by atoms with Gasteiger partial charge in [-0.05, 0) is 71.9 Å². The van der Waals surface area contributed by atoms with Gasteiger partial charge in [0, 0.05) is 46.4 Å². The van der Waals surface area contributed by atoms with Gasteiger partial charge in [-0.2, -0.15) is 0 Å². The molecule has 0 saturated carbocycles. The van der Waals surface area contributed by atoms with Gasteiger partial charge >= 0.3 is 0 Å². The third-order valence-corrected chi connectivity index (χ3v) is 7.51. The lowest BCUT2D eigenvalue weighted by atomic mass is 10.1. The highest BCUT2D eigenvalue weighted by Crippen LogP contribution is 2.04.